The fourth-order valence-corrected chi connectivity index (χ4v) is 4.01. The van der Waals surface area contributed by atoms with Crippen LogP contribution in [0.15, 0.2) is 41.4 Å². The predicted molar refractivity (Wildman–Crippen MR) is 120 cm³/mol. The first-order chi connectivity index (χ1) is 16.6. The highest BCUT2D eigenvalue weighted by Crippen LogP contribution is 2.33. The van der Waals surface area contributed by atoms with Crippen molar-refractivity contribution in [2.24, 2.45) is 0 Å². The Morgan fingerprint density at radius 2 is 2.00 bits per heavy atom. The number of carbonyl (C=O) groups excluding carboxylic acids is 1. The number of aromatic nitrogens is 4. The number of ether oxygens (including phenoxy) is 1. The number of methoxy groups -OCH3 is 1. The van der Waals surface area contributed by atoms with Crippen LogP contribution in [0.1, 0.15) is 51.8 Å². The second-order valence-electron chi connectivity index (χ2n) is 7.96. The molecule has 184 valence electrons. The molecule has 4 rings (SSSR count). The number of hydrogen-bond acceptors (Lipinski definition) is 10. The third-order valence-corrected chi connectivity index (χ3v) is 6.27. The van der Waals surface area contributed by atoms with E-state index in [9.17, 15) is 17.6 Å². The Morgan fingerprint density at radius 3 is 2.69 bits per heavy atom. The maximum atomic E-state index is 13.6. The van der Waals surface area contributed by atoms with Gasteiger partial charge in [-0.05, 0) is 42.8 Å². The number of hydrogen-bond donors (Lipinski definition) is 2. The first-order valence-corrected chi connectivity index (χ1v) is 12.4. The van der Waals surface area contributed by atoms with E-state index >= 15 is 0 Å². The van der Waals surface area contributed by atoms with Gasteiger partial charge in [-0.25, -0.2) is 22.8 Å². The van der Waals surface area contributed by atoms with Gasteiger partial charge in [-0.3, -0.25) is 9.63 Å². The third kappa shape index (κ3) is 5.75. The first kappa shape index (κ1) is 24.6. The molecule has 1 amide bonds. The molecule has 1 aromatic carbocycles. The molecule has 2 aromatic heterocycles. The third-order valence-electron chi connectivity index (χ3n) is 5.29. The minimum Gasteiger partial charge on any atom is -0.494 e. The Kier molecular flexibility index (Phi) is 7.00. The minimum atomic E-state index is -3.45. The van der Waals surface area contributed by atoms with Crippen molar-refractivity contribution in [2.45, 2.75) is 37.1 Å². The zero-order chi connectivity index (χ0) is 25.2. The van der Waals surface area contributed by atoms with E-state index in [2.05, 4.69) is 31.0 Å². The molecule has 1 aliphatic rings. The van der Waals surface area contributed by atoms with Gasteiger partial charge in [0, 0.05) is 19.2 Å². The van der Waals surface area contributed by atoms with Crippen molar-refractivity contribution in [3.63, 3.8) is 0 Å². The lowest BCUT2D eigenvalue weighted by atomic mass is 10.0. The number of amides is 1. The van der Waals surface area contributed by atoms with Crippen molar-refractivity contribution in [1.29, 1.82) is 0 Å². The average molecular weight is 503 g/mol. The van der Waals surface area contributed by atoms with Crippen molar-refractivity contribution >= 4 is 15.7 Å². The van der Waals surface area contributed by atoms with Crippen molar-refractivity contribution in [2.75, 3.05) is 13.4 Å². The van der Waals surface area contributed by atoms with Crippen LogP contribution in [0.5, 0.6) is 5.75 Å². The number of nitrogens with zero attached hydrogens (tertiary/aromatic N) is 4. The highest BCUT2D eigenvalue weighted by Gasteiger charge is 2.31. The van der Waals surface area contributed by atoms with Gasteiger partial charge < -0.3 is 10.1 Å². The molecular weight excluding hydrogens is 479 g/mol. The lowest BCUT2D eigenvalue weighted by molar-refractivity contribution is 0.0224. The summed E-state index contributed by atoms with van der Waals surface area (Å²) in [6.45, 7) is 1.83. The summed E-state index contributed by atoms with van der Waals surface area (Å²) in [4.78, 5) is 27.0. The van der Waals surface area contributed by atoms with Crippen LogP contribution in [0, 0.1) is 12.7 Å². The van der Waals surface area contributed by atoms with Crippen LogP contribution in [0.4, 0.5) is 4.39 Å². The van der Waals surface area contributed by atoms with E-state index in [1.54, 1.807) is 25.1 Å². The Labute approximate surface area is 201 Å². The Bertz CT molecular complexity index is 1350. The molecule has 35 heavy (non-hydrogen) atoms. The zero-order valence-corrected chi connectivity index (χ0v) is 20.0. The number of aryl methyl sites for hydroxylation is 1. The summed E-state index contributed by atoms with van der Waals surface area (Å²) in [7, 11) is -2.08. The van der Waals surface area contributed by atoms with Crippen LogP contribution in [0.25, 0.3) is 0 Å². The molecule has 1 aliphatic heterocycles. The van der Waals surface area contributed by atoms with Crippen LogP contribution in [0.3, 0.4) is 0 Å². The Hall–Kier alpha value is -3.55. The van der Waals surface area contributed by atoms with Crippen LogP contribution < -0.4 is 15.5 Å². The minimum absolute atomic E-state index is 0.0921. The number of benzene rings is 1. The monoisotopic (exact) mass is 502 g/mol. The summed E-state index contributed by atoms with van der Waals surface area (Å²) >= 11 is 0. The number of nitrogens with one attached hydrogen (secondary N) is 2. The van der Waals surface area contributed by atoms with E-state index < -0.39 is 27.7 Å². The Balaban J connectivity index is 1.44. The topological polar surface area (TPSA) is 145 Å². The summed E-state index contributed by atoms with van der Waals surface area (Å²) in [5.74, 6) is -0.411. The first-order valence-electron chi connectivity index (χ1n) is 10.5. The van der Waals surface area contributed by atoms with Crippen molar-refractivity contribution in [3.05, 3.63) is 70.7 Å². The molecule has 11 nitrogen and oxygen atoms in total. The van der Waals surface area contributed by atoms with Crippen LogP contribution in [0.2, 0.25) is 0 Å². The molecule has 2 N–H and O–H groups in total. The standard InChI is InChI=1S/C22H23FN6O5S/c1-12-25-16(17-10-20(34-29-17)15-6-7-21(28-27-15)35(3,31)32)9-18(26-12)22(30)24-11-13-4-5-14(23)19(8-13)33-2/h4-9,17,20,29H,10-11H2,1-3H3,(H,24,30). The molecule has 2 atom stereocenters. The van der Waals surface area contributed by atoms with Crippen LogP contribution >= 0.6 is 0 Å². The summed E-state index contributed by atoms with van der Waals surface area (Å²) in [6, 6.07) is 8.47. The molecule has 0 aliphatic carbocycles. The lowest BCUT2D eigenvalue weighted by Gasteiger charge is -2.11. The molecule has 0 spiro atoms. The molecule has 1 fully saturated rings. The molecule has 0 radical (unpaired) electrons. The highest BCUT2D eigenvalue weighted by atomic mass is 32.2. The van der Waals surface area contributed by atoms with Gasteiger partial charge >= 0.3 is 0 Å². The molecule has 3 heterocycles. The van der Waals surface area contributed by atoms with Crippen LogP contribution in [-0.2, 0) is 21.2 Å². The van der Waals surface area contributed by atoms with Crippen molar-refractivity contribution in [1.82, 2.24) is 31.0 Å². The fourth-order valence-electron chi connectivity index (χ4n) is 3.51. The van der Waals surface area contributed by atoms with Gasteiger partial charge in [-0.15, -0.1) is 5.10 Å². The van der Waals surface area contributed by atoms with Crippen LogP contribution in [-0.4, -0.2) is 47.9 Å². The van der Waals surface area contributed by atoms with Gasteiger partial charge in [0.25, 0.3) is 5.91 Å². The predicted octanol–water partition coefficient (Wildman–Crippen LogP) is 1.76. The van der Waals surface area contributed by atoms with E-state index in [1.807, 2.05) is 0 Å². The smallest absolute Gasteiger partial charge is 0.270 e. The van der Waals surface area contributed by atoms with E-state index in [-0.39, 0.29) is 29.1 Å². The largest absolute Gasteiger partial charge is 0.494 e. The van der Waals surface area contributed by atoms with E-state index in [1.165, 1.54) is 25.3 Å². The molecule has 0 saturated carbocycles. The molecule has 0 bridgehead atoms. The van der Waals surface area contributed by atoms with E-state index in [4.69, 9.17) is 9.57 Å². The second-order valence-corrected chi connectivity index (χ2v) is 9.92. The quantitative estimate of drug-likeness (QED) is 0.490. The summed E-state index contributed by atoms with van der Waals surface area (Å²) in [5.41, 5.74) is 4.73. The van der Waals surface area contributed by atoms with Crippen molar-refractivity contribution < 1.29 is 27.2 Å². The fraction of sp³-hybridized carbons (Fsp3) is 0.318. The summed E-state index contributed by atoms with van der Waals surface area (Å²) in [6.07, 6.45) is 1.00. The maximum Gasteiger partial charge on any atom is 0.270 e. The lowest BCUT2D eigenvalue weighted by Crippen LogP contribution is -2.25. The normalized spacial score (nSPS) is 17.8. The maximum absolute atomic E-state index is 13.6. The van der Waals surface area contributed by atoms with Gasteiger partial charge in [0.2, 0.25) is 0 Å². The molecule has 13 heteroatoms. The SMILES string of the molecule is COc1cc(CNC(=O)c2cc(C3CC(c4ccc(S(C)(=O)=O)nn4)ON3)nc(C)n2)ccc1F. The number of hydroxylamine groups is 1. The summed E-state index contributed by atoms with van der Waals surface area (Å²) < 4.78 is 41.7. The van der Waals surface area contributed by atoms with Gasteiger partial charge in [0.1, 0.15) is 17.6 Å². The molecule has 1 saturated heterocycles. The molecule has 3 aromatic rings. The number of carbonyl (C=O) groups is 1. The second kappa shape index (κ2) is 9.98. The van der Waals surface area contributed by atoms with E-state index in [0.29, 0.717) is 29.2 Å². The van der Waals surface area contributed by atoms with E-state index in [0.717, 1.165) is 6.26 Å². The summed E-state index contributed by atoms with van der Waals surface area (Å²) in [5, 5.41) is 10.4. The van der Waals surface area contributed by atoms with Gasteiger partial charge in [0.05, 0.1) is 24.5 Å². The molecule has 2 unspecified atom stereocenters. The Morgan fingerprint density at radius 1 is 1.20 bits per heavy atom. The highest BCUT2D eigenvalue weighted by molar-refractivity contribution is 7.90. The zero-order valence-electron chi connectivity index (χ0n) is 19.1. The number of halogens is 1. The van der Waals surface area contributed by atoms with Gasteiger partial charge in [-0.2, -0.15) is 10.6 Å². The number of rotatable bonds is 7. The van der Waals surface area contributed by atoms with Gasteiger partial charge in [0.15, 0.2) is 26.4 Å². The molecular formula is C22H23FN6O5S. The van der Waals surface area contributed by atoms with Gasteiger partial charge in [-0.1, -0.05) is 6.07 Å². The average Bonchev–Trinajstić information content (AvgIpc) is 3.33. The van der Waals surface area contributed by atoms with Crippen molar-refractivity contribution in [3.8, 4) is 5.75 Å². The number of sulfone groups is 1.